The molecule has 1 amide bonds. The van der Waals surface area contributed by atoms with Gasteiger partial charge in [0.05, 0.1) is 23.6 Å². The number of hydrogen-bond donors (Lipinski definition) is 1. The van der Waals surface area contributed by atoms with Gasteiger partial charge in [0.1, 0.15) is 23.6 Å². The Morgan fingerprint density at radius 1 is 1.12 bits per heavy atom. The van der Waals surface area contributed by atoms with Crippen LogP contribution in [-0.2, 0) is 13.6 Å². The van der Waals surface area contributed by atoms with Crippen LogP contribution in [0.5, 0.6) is 5.75 Å². The molecule has 0 atom stereocenters. The van der Waals surface area contributed by atoms with E-state index in [9.17, 15) is 4.79 Å². The molecule has 1 aliphatic heterocycles. The highest BCUT2D eigenvalue weighted by Crippen LogP contribution is 2.28. The number of pyridine rings is 1. The van der Waals surface area contributed by atoms with Crippen LogP contribution in [0, 0.1) is 6.92 Å². The summed E-state index contributed by atoms with van der Waals surface area (Å²) in [5.41, 5.74) is 3.84. The molecule has 0 fully saturated rings. The van der Waals surface area contributed by atoms with Crippen molar-refractivity contribution in [1.82, 2.24) is 29.5 Å². The average Bonchev–Trinajstić information content (AvgIpc) is 3.39. The topological polar surface area (TPSA) is 99.8 Å². The number of rotatable bonds is 1. The van der Waals surface area contributed by atoms with Gasteiger partial charge < -0.3 is 14.6 Å². The zero-order valence-electron chi connectivity index (χ0n) is 17.9. The van der Waals surface area contributed by atoms with E-state index >= 15 is 0 Å². The van der Waals surface area contributed by atoms with E-state index in [-0.39, 0.29) is 5.91 Å². The number of benzene rings is 1. The first-order chi connectivity index (χ1) is 15.6. The SMILES string of the molecule is Cc1cc(-c2ccc3c(c2)C(=O)Nc2cccc(n2)-c2nncn2CCCCO3)n(C)n1. The molecule has 1 aliphatic rings. The fraction of sp³-hybridized carbons (Fsp3) is 0.261. The van der Waals surface area contributed by atoms with E-state index < -0.39 is 0 Å². The maximum absolute atomic E-state index is 13.3. The van der Waals surface area contributed by atoms with Crippen molar-refractivity contribution < 1.29 is 9.53 Å². The molecule has 1 N–H and O–H groups in total. The lowest BCUT2D eigenvalue weighted by molar-refractivity contribution is 0.102. The first-order valence-electron chi connectivity index (χ1n) is 10.5. The molecular formula is C23H23N7O2. The van der Waals surface area contributed by atoms with Crippen molar-refractivity contribution in [3.63, 3.8) is 0 Å². The van der Waals surface area contributed by atoms with Gasteiger partial charge in [-0.1, -0.05) is 6.07 Å². The van der Waals surface area contributed by atoms with Crippen molar-refractivity contribution in [1.29, 1.82) is 0 Å². The van der Waals surface area contributed by atoms with Crippen molar-refractivity contribution in [3.8, 4) is 28.5 Å². The van der Waals surface area contributed by atoms with Gasteiger partial charge in [0.25, 0.3) is 5.91 Å². The molecule has 0 unspecified atom stereocenters. The van der Waals surface area contributed by atoms with Crippen LogP contribution < -0.4 is 10.1 Å². The molecule has 2 bridgehead atoms. The molecule has 0 aliphatic carbocycles. The van der Waals surface area contributed by atoms with Crippen LogP contribution in [0.4, 0.5) is 5.82 Å². The number of fused-ring (bicyclic) bond motifs is 5. The van der Waals surface area contributed by atoms with Gasteiger partial charge in [0.15, 0.2) is 5.82 Å². The third-order valence-corrected chi connectivity index (χ3v) is 5.41. The molecule has 0 spiro atoms. The Labute approximate surface area is 185 Å². The van der Waals surface area contributed by atoms with Gasteiger partial charge in [0, 0.05) is 19.2 Å². The van der Waals surface area contributed by atoms with E-state index in [1.54, 1.807) is 17.1 Å². The van der Waals surface area contributed by atoms with Gasteiger partial charge in [-0.25, -0.2) is 4.98 Å². The number of carbonyl (C=O) groups is 1. The number of aromatic nitrogens is 6. The van der Waals surface area contributed by atoms with Crippen molar-refractivity contribution in [2.75, 3.05) is 11.9 Å². The number of amides is 1. The summed E-state index contributed by atoms with van der Waals surface area (Å²) in [5, 5.41) is 15.6. The van der Waals surface area contributed by atoms with Gasteiger partial charge in [-0.05, 0) is 56.2 Å². The molecule has 9 nitrogen and oxygen atoms in total. The van der Waals surface area contributed by atoms with Crippen molar-refractivity contribution >= 4 is 11.7 Å². The summed E-state index contributed by atoms with van der Waals surface area (Å²) in [5.74, 6) is 1.37. The van der Waals surface area contributed by atoms with E-state index in [0.29, 0.717) is 35.3 Å². The monoisotopic (exact) mass is 429 g/mol. The minimum atomic E-state index is -0.288. The number of nitrogens with one attached hydrogen (secondary N) is 1. The van der Waals surface area contributed by atoms with E-state index in [1.807, 2.05) is 54.9 Å². The molecule has 0 radical (unpaired) electrons. The Balaban J connectivity index is 1.55. The van der Waals surface area contributed by atoms with Crippen LogP contribution >= 0.6 is 0 Å². The highest BCUT2D eigenvalue weighted by Gasteiger charge is 2.18. The number of ether oxygens (including phenoxy) is 1. The highest BCUT2D eigenvalue weighted by atomic mass is 16.5. The zero-order valence-corrected chi connectivity index (χ0v) is 17.9. The summed E-state index contributed by atoms with van der Waals surface area (Å²) in [6.07, 6.45) is 3.42. The standard InChI is InChI=1S/C23H23N7O2/c1-15-12-19(29(2)28-15)16-8-9-20-17(13-16)23(31)26-21-7-5-6-18(25-21)22-27-24-14-30(22)10-3-4-11-32-20/h5-9,12-14H,3-4,10-11H2,1-2H3,(H,25,26,31). The van der Waals surface area contributed by atoms with Crippen LogP contribution in [0.2, 0.25) is 0 Å². The third-order valence-electron chi connectivity index (χ3n) is 5.41. The predicted octanol–water partition coefficient (Wildman–Crippen LogP) is 3.47. The van der Waals surface area contributed by atoms with Crippen LogP contribution in [0.1, 0.15) is 28.9 Å². The lowest BCUT2D eigenvalue weighted by Crippen LogP contribution is -2.16. The van der Waals surface area contributed by atoms with Gasteiger partial charge in [-0.2, -0.15) is 5.10 Å². The smallest absolute Gasteiger partial charge is 0.260 e. The zero-order chi connectivity index (χ0) is 22.1. The summed E-state index contributed by atoms with van der Waals surface area (Å²) >= 11 is 0. The van der Waals surface area contributed by atoms with Crippen molar-refractivity contribution in [2.45, 2.75) is 26.3 Å². The van der Waals surface area contributed by atoms with Crippen LogP contribution in [-0.4, -0.2) is 42.0 Å². The van der Waals surface area contributed by atoms with Crippen molar-refractivity contribution in [3.05, 3.63) is 60.0 Å². The largest absolute Gasteiger partial charge is 0.493 e. The molecule has 162 valence electrons. The van der Waals surface area contributed by atoms with Crippen LogP contribution in [0.15, 0.2) is 48.8 Å². The highest BCUT2D eigenvalue weighted by molar-refractivity contribution is 6.06. The average molecular weight is 429 g/mol. The molecule has 3 aromatic heterocycles. The molecule has 32 heavy (non-hydrogen) atoms. The van der Waals surface area contributed by atoms with E-state index in [4.69, 9.17) is 4.74 Å². The first-order valence-corrected chi connectivity index (χ1v) is 10.5. The minimum Gasteiger partial charge on any atom is -0.493 e. The molecule has 0 saturated carbocycles. The number of anilines is 1. The normalized spacial score (nSPS) is 14.0. The summed E-state index contributed by atoms with van der Waals surface area (Å²) < 4.78 is 9.78. The Hall–Kier alpha value is -4.01. The fourth-order valence-electron chi connectivity index (χ4n) is 3.87. The quantitative estimate of drug-likeness (QED) is 0.497. The maximum Gasteiger partial charge on any atom is 0.260 e. The van der Waals surface area contributed by atoms with Crippen LogP contribution in [0.25, 0.3) is 22.8 Å². The lowest BCUT2D eigenvalue weighted by atomic mass is 10.1. The van der Waals surface area contributed by atoms with E-state index in [2.05, 4.69) is 25.6 Å². The molecule has 5 rings (SSSR count). The first kappa shape index (κ1) is 19.9. The molecule has 9 heteroatoms. The Morgan fingerprint density at radius 2 is 2.03 bits per heavy atom. The third kappa shape index (κ3) is 3.84. The van der Waals surface area contributed by atoms with Gasteiger partial charge in [-0.15, -0.1) is 10.2 Å². The summed E-state index contributed by atoms with van der Waals surface area (Å²) in [6, 6.07) is 13.1. The number of carbonyl (C=O) groups excluding carboxylic acids is 1. The second-order valence-electron chi connectivity index (χ2n) is 7.77. The number of hydrogen-bond acceptors (Lipinski definition) is 6. The van der Waals surface area contributed by atoms with Gasteiger partial charge in [-0.3, -0.25) is 9.48 Å². The molecule has 4 aromatic rings. The Kier molecular flexibility index (Phi) is 5.14. The van der Waals surface area contributed by atoms with E-state index in [0.717, 1.165) is 36.3 Å². The molecule has 0 saturated heterocycles. The molecule has 4 heterocycles. The van der Waals surface area contributed by atoms with Crippen molar-refractivity contribution in [2.24, 2.45) is 7.05 Å². The summed E-state index contributed by atoms with van der Waals surface area (Å²) in [7, 11) is 1.89. The second-order valence-corrected chi connectivity index (χ2v) is 7.77. The Bertz CT molecular complexity index is 1290. The van der Waals surface area contributed by atoms with E-state index in [1.165, 1.54) is 0 Å². The van der Waals surface area contributed by atoms with Gasteiger partial charge >= 0.3 is 0 Å². The van der Waals surface area contributed by atoms with Crippen LogP contribution in [0.3, 0.4) is 0 Å². The molecular weight excluding hydrogens is 406 g/mol. The second kappa shape index (κ2) is 8.26. The van der Waals surface area contributed by atoms with Gasteiger partial charge in [0.2, 0.25) is 0 Å². The minimum absolute atomic E-state index is 0.288. The number of nitrogens with zero attached hydrogens (tertiary/aromatic N) is 6. The number of aryl methyl sites for hydroxylation is 3. The fourth-order valence-corrected chi connectivity index (χ4v) is 3.87. The summed E-state index contributed by atoms with van der Waals surface area (Å²) in [4.78, 5) is 17.8. The predicted molar refractivity (Wildman–Crippen MR) is 119 cm³/mol. The maximum atomic E-state index is 13.3. The molecule has 1 aromatic carbocycles. The summed E-state index contributed by atoms with van der Waals surface area (Å²) in [6.45, 7) is 3.21. The lowest BCUT2D eigenvalue weighted by Gasteiger charge is -2.15. The Morgan fingerprint density at radius 3 is 2.88 bits per heavy atom.